The smallest absolute Gasteiger partial charge is 0.229 e. The Morgan fingerprint density at radius 3 is 1.50 bits per heavy atom. The number of ketones is 1. The summed E-state index contributed by atoms with van der Waals surface area (Å²) >= 11 is 0. The molecular weight excluding hydrogens is 328 g/mol. The Labute approximate surface area is 130 Å². The van der Waals surface area contributed by atoms with Gasteiger partial charge in [-0.15, -0.1) is 0 Å². The lowest BCUT2D eigenvalue weighted by Gasteiger charge is -2.00. The molecule has 0 aliphatic heterocycles. The molecule has 4 rings (SSSR count). The van der Waals surface area contributed by atoms with Gasteiger partial charge in [0.15, 0.2) is 11.6 Å². The third kappa shape index (κ3) is 1.84. The van der Waals surface area contributed by atoms with Crippen LogP contribution in [-0.2, 0) is 0 Å². The largest absolute Gasteiger partial charge is 0.285 e. The number of hydrogen-bond donors (Lipinski definition) is 2. The molecule has 5 nitrogen and oxygen atoms in total. The fourth-order valence-electron chi connectivity index (χ4n) is 2.57. The highest BCUT2D eigenvalue weighted by Crippen LogP contribution is 2.28. The van der Waals surface area contributed by atoms with E-state index in [0.717, 1.165) is 24.3 Å². The highest BCUT2D eigenvalue weighted by atomic mass is 19.1. The monoisotopic (exact) mass is 334 g/mol. The van der Waals surface area contributed by atoms with Crippen molar-refractivity contribution in [1.29, 1.82) is 0 Å². The Morgan fingerprint density at radius 1 is 0.708 bits per heavy atom. The lowest BCUT2D eigenvalue weighted by atomic mass is 10.1. The summed E-state index contributed by atoms with van der Waals surface area (Å²) < 4.78 is 55.3. The van der Waals surface area contributed by atoms with Crippen LogP contribution in [0.1, 0.15) is 16.2 Å². The maximum absolute atomic E-state index is 14.0. The number of halogens is 4. The summed E-state index contributed by atoms with van der Waals surface area (Å²) in [6.07, 6.45) is 0. The van der Waals surface area contributed by atoms with E-state index in [2.05, 4.69) is 20.4 Å². The molecule has 0 aliphatic rings. The number of carbonyl (C=O) groups excluding carboxylic acids is 1. The summed E-state index contributed by atoms with van der Waals surface area (Å²) in [6, 6.07) is 3.42. The maximum Gasteiger partial charge on any atom is 0.229 e. The van der Waals surface area contributed by atoms with Gasteiger partial charge in [-0.2, -0.15) is 10.2 Å². The van der Waals surface area contributed by atoms with Gasteiger partial charge in [-0.1, -0.05) is 0 Å². The van der Waals surface area contributed by atoms with Crippen LogP contribution in [0.3, 0.4) is 0 Å². The summed E-state index contributed by atoms with van der Waals surface area (Å²) in [4.78, 5) is 12.6. The van der Waals surface area contributed by atoms with Crippen molar-refractivity contribution >= 4 is 27.6 Å². The van der Waals surface area contributed by atoms with Crippen molar-refractivity contribution in [3.05, 3.63) is 58.9 Å². The van der Waals surface area contributed by atoms with Crippen LogP contribution in [-0.4, -0.2) is 26.2 Å². The minimum atomic E-state index is -0.922. The van der Waals surface area contributed by atoms with E-state index >= 15 is 0 Å². The molecule has 2 aromatic carbocycles. The van der Waals surface area contributed by atoms with Gasteiger partial charge in [0.1, 0.15) is 34.1 Å². The van der Waals surface area contributed by atoms with E-state index in [-0.39, 0.29) is 21.8 Å². The molecule has 9 heteroatoms. The number of nitrogens with one attached hydrogen (secondary N) is 2. The van der Waals surface area contributed by atoms with Gasteiger partial charge in [-0.25, -0.2) is 17.6 Å². The number of hydrogen-bond acceptors (Lipinski definition) is 3. The van der Waals surface area contributed by atoms with Crippen LogP contribution in [0.25, 0.3) is 21.8 Å². The third-order valence-corrected chi connectivity index (χ3v) is 3.67. The molecule has 0 aliphatic carbocycles. The van der Waals surface area contributed by atoms with Gasteiger partial charge in [-0.3, -0.25) is 15.0 Å². The molecule has 2 N–H and O–H groups in total. The average Bonchev–Trinajstić information content (AvgIpc) is 3.19. The molecule has 2 heterocycles. The fourth-order valence-corrected chi connectivity index (χ4v) is 2.57. The predicted molar refractivity (Wildman–Crippen MR) is 75.5 cm³/mol. The van der Waals surface area contributed by atoms with Crippen LogP contribution in [0.4, 0.5) is 17.6 Å². The summed E-state index contributed by atoms with van der Waals surface area (Å²) in [7, 11) is 0. The number of aromatic amines is 2. The molecule has 0 saturated carbocycles. The topological polar surface area (TPSA) is 74.4 Å². The van der Waals surface area contributed by atoms with E-state index in [1.54, 1.807) is 0 Å². The van der Waals surface area contributed by atoms with Crippen LogP contribution in [0, 0.1) is 23.3 Å². The number of nitrogens with zero attached hydrogens (tertiary/aromatic N) is 2. The van der Waals surface area contributed by atoms with Gasteiger partial charge in [0.2, 0.25) is 5.78 Å². The molecule has 2 aromatic heterocycles. The minimum absolute atomic E-state index is 0.367. The van der Waals surface area contributed by atoms with Crippen LogP contribution in [0.15, 0.2) is 24.3 Å². The summed E-state index contributed by atoms with van der Waals surface area (Å²) in [5, 5.41) is 10.9. The lowest BCUT2D eigenvalue weighted by Crippen LogP contribution is -2.05. The number of fused-ring (bicyclic) bond motifs is 2. The quantitative estimate of drug-likeness (QED) is 0.437. The maximum atomic E-state index is 14.0. The van der Waals surface area contributed by atoms with Gasteiger partial charge in [0.25, 0.3) is 0 Å². The molecule has 0 unspecified atom stereocenters. The zero-order valence-electron chi connectivity index (χ0n) is 11.6. The summed E-state index contributed by atoms with van der Waals surface area (Å²) in [5.41, 5.74) is -1.52. The van der Waals surface area contributed by atoms with Crippen molar-refractivity contribution in [2.75, 3.05) is 0 Å². The molecule has 120 valence electrons. The molecular formula is C15H6F4N4O. The molecule has 0 fully saturated rings. The standard InChI is InChI=1S/C15H6F4N4O/c16-5-1-3-7(18)11-9(5)13(22-20-11)15(24)14-10-6(17)2-4-8(19)12(10)21-23-14/h1-4H,(H,20,22)(H,21,23). The number of H-pyrrole nitrogens is 2. The van der Waals surface area contributed by atoms with Crippen LogP contribution in [0.5, 0.6) is 0 Å². The second-order valence-electron chi connectivity index (χ2n) is 5.03. The summed E-state index contributed by atoms with van der Waals surface area (Å²) in [6.45, 7) is 0. The number of carbonyl (C=O) groups is 1. The minimum Gasteiger partial charge on any atom is -0.285 e. The molecule has 0 spiro atoms. The number of aromatic nitrogens is 4. The van der Waals surface area contributed by atoms with Crippen LogP contribution < -0.4 is 0 Å². The first-order valence-electron chi connectivity index (χ1n) is 6.68. The molecule has 4 aromatic rings. The van der Waals surface area contributed by atoms with E-state index in [1.165, 1.54) is 0 Å². The molecule has 0 radical (unpaired) electrons. The highest BCUT2D eigenvalue weighted by molar-refractivity contribution is 6.19. The van der Waals surface area contributed by atoms with E-state index in [4.69, 9.17) is 0 Å². The van der Waals surface area contributed by atoms with Crippen molar-refractivity contribution in [2.45, 2.75) is 0 Å². The molecule has 0 bridgehead atoms. The fraction of sp³-hybridized carbons (Fsp3) is 0. The molecule has 0 saturated heterocycles. The Bertz CT molecular complexity index is 1040. The second-order valence-corrected chi connectivity index (χ2v) is 5.03. The van der Waals surface area contributed by atoms with E-state index in [1.807, 2.05) is 0 Å². The predicted octanol–water partition coefficient (Wildman–Crippen LogP) is 3.23. The van der Waals surface area contributed by atoms with Crippen LogP contribution >= 0.6 is 0 Å². The molecule has 24 heavy (non-hydrogen) atoms. The van der Waals surface area contributed by atoms with Gasteiger partial charge in [0, 0.05) is 0 Å². The molecule has 0 amide bonds. The van der Waals surface area contributed by atoms with Crippen LogP contribution in [0.2, 0.25) is 0 Å². The first-order valence-corrected chi connectivity index (χ1v) is 6.68. The Balaban J connectivity index is 1.98. The average molecular weight is 334 g/mol. The van der Waals surface area contributed by atoms with Crippen molar-refractivity contribution < 1.29 is 22.4 Å². The Morgan fingerprint density at radius 2 is 1.08 bits per heavy atom. The van der Waals surface area contributed by atoms with Gasteiger partial charge in [-0.05, 0) is 24.3 Å². The van der Waals surface area contributed by atoms with Gasteiger partial charge >= 0.3 is 0 Å². The highest BCUT2D eigenvalue weighted by Gasteiger charge is 2.25. The first kappa shape index (κ1) is 14.4. The van der Waals surface area contributed by atoms with Gasteiger partial charge in [0.05, 0.1) is 10.8 Å². The first-order chi connectivity index (χ1) is 11.5. The second kappa shape index (κ2) is 4.88. The van der Waals surface area contributed by atoms with Crippen molar-refractivity contribution in [1.82, 2.24) is 20.4 Å². The van der Waals surface area contributed by atoms with Crippen molar-refractivity contribution in [3.63, 3.8) is 0 Å². The van der Waals surface area contributed by atoms with E-state index < -0.39 is 40.4 Å². The Kier molecular flexibility index (Phi) is 2.92. The van der Waals surface area contributed by atoms with Crippen molar-refractivity contribution in [2.24, 2.45) is 0 Å². The van der Waals surface area contributed by atoms with E-state index in [9.17, 15) is 22.4 Å². The lowest BCUT2D eigenvalue weighted by molar-refractivity contribution is 0.103. The van der Waals surface area contributed by atoms with Gasteiger partial charge < -0.3 is 0 Å². The summed E-state index contributed by atoms with van der Waals surface area (Å²) in [5.74, 6) is -4.33. The Hall–Kier alpha value is -3.23. The van der Waals surface area contributed by atoms with E-state index in [0.29, 0.717) is 0 Å². The normalized spacial score (nSPS) is 11.5. The number of rotatable bonds is 2. The molecule has 0 atom stereocenters. The third-order valence-electron chi connectivity index (χ3n) is 3.67. The van der Waals surface area contributed by atoms with Crippen molar-refractivity contribution in [3.8, 4) is 0 Å². The zero-order valence-corrected chi connectivity index (χ0v) is 11.6. The zero-order chi connectivity index (χ0) is 17.0. The SMILES string of the molecule is O=C(c1[nH]nc2c(F)ccc(F)c12)c1[nH]nc2c(F)ccc(F)c12. The number of benzene rings is 2.